The molecular weight excluding hydrogens is 516 g/mol. The van der Waals surface area contributed by atoms with E-state index in [1.165, 1.54) is 5.56 Å². The number of nitrogens with zero attached hydrogens (tertiary/aromatic N) is 2. The maximum Gasteiger partial charge on any atom is 0.317 e. The van der Waals surface area contributed by atoms with Crippen LogP contribution in [0.1, 0.15) is 62.8 Å². The van der Waals surface area contributed by atoms with Gasteiger partial charge in [-0.15, -0.1) is 0 Å². The molecule has 2 aliphatic rings. The van der Waals surface area contributed by atoms with E-state index in [0.717, 1.165) is 41.8 Å². The summed E-state index contributed by atoms with van der Waals surface area (Å²) in [7, 11) is 0. The molecule has 0 amide bonds. The summed E-state index contributed by atoms with van der Waals surface area (Å²) in [6, 6.07) is 40.8. The Morgan fingerprint density at radius 2 is 1.36 bits per heavy atom. The standard InChI is InChI=1S/C38H40N2O2/c1-27-24-25-32(38(2,3)30-20-12-6-13-21-30)33(26-27)42-37(41)34-35(28-16-8-4-9-17-28)39-40(31-22-14-7-15-23-31)36(34)29-18-10-5-11-19-29/h4-23,27,32-34,36H,24-26H2,1-3H3/t27-,32-,33-,34+,36-/m1/s1. The quantitative estimate of drug-likeness (QED) is 0.214. The van der Waals surface area contributed by atoms with Gasteiger partial charge in [-0.05, 0) is 53.0 Å². The highest BCUT2D eigenvalue weighted by Crippen LogP contribution is 2.46. The average Bonchev–Trinajstić information content (AvgIpc) is 3.44. The first-order valence-corrected chi connectivity index (χ1v) is 15.2. The monoisotopic (exact) mass is 556 g/mol. The molecule has 1 fully saturated rings. The largest absolute Gasteiger partial charge is 0.461 e. The van der Waals surface area contributed by atoms with Gasteiger partial charge in [-0.25, -0.2) is 0 Å². The summed E-state index contributed by atoms with van der Waals surface area (Å²) in [4.78, 5) is 14.6. The van der Waals surface area contributed by atoms with Crippen molar-refractivity contribution in [1.82, 2.24) is 0 Å². The summed E-state index contributed by atoms with van der Waals surface area (Å²) in [5.41, 5.74) is 4.84. The van der Waals surface area contributed by atoms with Crippen molar-refractivity contribution in [3.8, 4) is 0 Å². The minimum Gasteiger partial charge on any atom is -0.461 e. The van der Waals surface area contributed by atoms with Crippen molar-refractivity contribution in [3.05, 3.63) is 138 Å². The number of hydrazone groups is 1. The number of rotatable bonds is 7. The van der Waals surface area contributed by atoms with E-state index in [0.29, 0.717) is 5.92 Å². The van der Waals surface area contributed by atoms with Crippen molar-refractivity contribution in [2.24, 2.45) is 22.9 Å². The fourth-order valence-electron chi connectivity index (χ4n) is 6.99. The molecule has 0 bridgehead atoms. The number of anilines is 1. The third-order valence-electron chi connectivity index (χ3n) is 9.34. The lowest BCUT2D eigenvalue weighted by atomic mass is 9.64. The van der Waals surface area contributed by atoms with Crippen LogP contribution in [0, 0.1) is 17.8 Å². The third kappa shape index (κ3) is 5.51. The van der Waals surface area contributed by atoms with Gasteiger partial charge in [-0.2, -0.15) is 5.10 Å². The van der Waals surface area contributed by atoms with Crippen LogP contribution in [0.25, 0.3) is 0 Å². The Bertz CT molecular complexity index is 1500. The molecule has 4 nitrogen and oxygen atoms in total. The predicted molar refractivity (Wildman–Crippen MR) is 170 cm³/mol. The third-order valence-corrected chi connectivity index (χ3v) is 9.34. The van der Waals surface area contributed by atoms with Crippen LogP contribution >= 0.6 is 0 Å². The number of hydrogen-bond donors (Lipinski definition) is 0. The van der Waals surface area contributed by atoms with E-state index in [2.05, 4.69) is 75.4 Å². The molecule has 4 aromatic carbocycles. The molecular formula is C38H40N2O2. The van der Waals surface area contributed by atoms with Crippen LogP contribution in [-0.2, 0) is 14.9 Å². The summed E-state index contributed by atoms with van der Waals surface area (Å²) in [6.45, 7) is 6.89. The van der Waals surface area contributed by atoms with E-state index in [9.17, 15) is 4.79 Å². The van der Waals surface area contributed by atoms with Crippen LogP contribution in [0.15, 0.2) is 126 Å². The van der Waals surface area contributed by atoms with Gasteiger partial charge in [0.2, 0.25) is 0 Å². The zero-order chi connectivity index (χ0) is 29.1. The Morgan fingerprint density at radius 3 is 2.00 bits per heavy atom. The zero-order valence-electron chi connectivity index (χ0n) is 24.8. The lowest BCUT2D eigenvalue weighted by molar-refractivity contribution is -0.159. The SMILES string of the molecule is C[C@@H]1CC[C@@H](C(C)(C)c2ccccc2)[C@H](OC(=O)[C@H]2C(c3ccccc3)=NN(c3ccccc3)[C@@H]2c2ccccc2)C1. The molecule has 0 N–H and O–H groups in total. The van der Waals surface area contributed by atoms with Gasteiger partial charge in [0.1, 0.15) is 12.0 Å². The highest BCUT2D eigenvalue weighted by atomic mass is 16.5. The van der Waals surface area contributed by atoms with E-state index in [4.69, 9.17) is 9.84 Å². The lowest BCUT2D eigenvalue weighted by Gasteiger charge is -2.44. The van der Waals surface area contributed by atoms with Crippen molar-refractivity contribution in [2.45, 2.75) is 57.6 Å². The molecule has 4 aromatic rings. The van der Waals surface area contributed by atoms with Crippen LogP contribution in [-0.4, -0.2) is 17.8 Å². The van der Waals surface area contributed by atoms with Crippen LogP contribution in [0.5, 0.6) is 0 Å². The molecule has 0 saturated heterocycles. The van der Waals surface area contributed by atoms with Crippen molar-refractivity contribution in [3.63, 3.8) is 0 Å². The summed E-state index contributed by atoms with van der Waals surface area (Å²) < 4.78 is 6.71. The Labute approximate surface area is 250 Å². The number of carbonyl (C=O) groups excluding carboxylic acids is 1. The molecule has 0 aromatic heterocycles. The number of ether oxygens (including phenoxy) is 1. The second kappa shape index (κ2) is 12.0. The Kier molecular flexibility index (Phi) is 7.97. The molecule has 0 spiro atoms. The van der Waals surface area contributed by atoms with Gasteiger partial charge >= 0.3 is 5.97 Å². The highest BCUT2D eigenvalue weighted by molar-refractivity contribution is 6.14. The number of hydrogen-bond acceptors (Lipinski definition) is 4. The van der Waals surface area contributed by atoms with Gasteiger partial charge in [0.25, 0.3) is 0 Å². The van der Waals surface area contributed by atoms with E-state index in [-0.39, 0.29) is 29.4 Å². The number of benzene rings is 4. The van der Waals surface area contributed by atoms with E-state index in [1.807, 2.05) is 71.7 Å². The molecule has 0 unspecified atom stereocenters. The highest BCUT2D eigenvalue weighted by Gasteiger charge is 2.48. The topological polar surface area (TPSA) is 41.9 Å². The molecule has 42 heavy (non-hydrogen) atoms. The number of para-hydroxylation sites is 1. The summed E-state index contributed by atoms with van der Waals surface area (Å²) in [6.07, 6.45) is 2.87. The zero-order valence-corrected chi connectivity index (χ0v) is 24.8. The molecule has 214 valence electrons. The minimum atomic E-state index is -0.576. The number of carbonyl (C=O) groups is 1. The molecule has 1 aliphatic heterocycles. The second-order valence-electron chi connectivity index (χ2n) is 12.5. The minimum absolute atomic E-state index is 0.132. The van der Waals surface area contributed by atoms with E-state index in [1.54, 1.807) is 0 Å². The Morgan fingerprint density at radius 1 is 0.786 bits per heavy atom. The first-order chi connectivity index (χ1) is 20.4. The van der Waals surface area contributed by atoms with Gasteiger partial charge in [-0.3, -0.25) is 9.80 Å². The first kappa shape index (κ1) is 28.0. The molecule has 6 rings (SSSR count). The lowest BCUT2D eigenvalue weighted by Crippen LogP contribution is -2.45. The van der Waals surface area contributed by atoms with Gasteiger partial charge in [-0.1, -0.05) is 136 Å². The summed E-state index contributed by atoms with van der Waals surface area (Å²) >= 11 is 0. The Hall–Kier alpha value is -4.18. The van der Waals surface area contributed by atoms with Gasteiger partial charge in [0, 0.05) is 5.92 Å². The fraction of sp³-hybridized carbons (Fsp3) is 0.316. The predicted octanol–water partition coefficient (Wildman–Crippen LogP) is 8.59. The summed E-state index contributed by atoms with van der Waals surface area (Å²) in [5, 5.41) is 7.17. The smallest absolute Gasteiger partial charge is 0.317 e. The fourth-order valence-corrected chi connectivity index (χ4v) is 6.99. The van der Waals surface area contributed by atoms with Gasteiger partial charge in [0.05, 0.1) is 17.4 Å². The van der Waals surface area contributed by atoms with Crippen molar-refractivity contribution in [1.29, 1.82) is 0 Å². The molecule has 1 heterocycles. The number of esters is 1. The van der Waals surface area contributed by atoms with E-state index >= 15 is 0 Å². The van der Waals surface area contributed by atoms with Gasteiger partial charge < -0.3 is 4.74 Å². The Balaban J connectivity index is 1.40. The van der Waals surface area contributed by atoms with Crippen LogP contribution in [0.3, 0.4) is 0 Å². The van der Waals surface area contributed by atoms with Crippen LogP contribution < -0.4 is 5.01 Å². The van der Waals surface area contributed by atoms with Crippen molar-refractivity contribution in [2.75, 3.05) is 5.01 Å². The van der Waals surface area contributed by atoms with Crippen LogP contribution in [0.2, 0.25) is 0 Å². The molecule has 4 heteroatoms. The maximum absolute atomic E-state index is 14.6. The van der Waals surface area contributed by atoms with Crippen molar-refractivity contribution >= 4 is 17.4 Å². The second-order valence-corrected chi connectivity index (χ2v) is 12.5. The van der Waals surface area contributed by atoms with Crippen molar-refractivity contribution < 1.29 is 9.53 Å². The average molecular weight is 557 g/mol. The summed E-state index contributed by atoms with van der Waals surface area (Å²) in [5.74, 6) is -0.0493. The van der Waals surface area contributed by atoms with E-state index < -0.39 is 5.92 Å². The maximum atomic E-state index is 14.6. The molecule has 5 atom stereocenters. The first-order valence-electron chi connectivity index (χ1n) is 15.2. The molecule has 1 saturated carbocycles. The normalized spacial score (nSPS) is 24.2. The molecule has 0 radical (unpaired) electrons. The van der Waals surface area contributed by atoms with Crippen LogP contribution in [0.4, 0.5) is 5.69 Å². The van der Waals surface area contributed by atoms with Gasteiger partial charge in [0.15, 0.2) is 0 Å². The molecule has 1 aliphatic carbocycles.